The van der Waals surface area contributed by atoms with Crippen molar-refractivity contribution in [2.75, 3.05) is 38.3 Å². The number of rotatable bonds is 3. The number of hydrogen-bond donors (Lipinski definition) is 0. The number of hydrogen-bond acceptors (Lipinski definition) is 5. The molecule has 2 heterocycles. The number of nitrogens with zero attached hydrogens (tertiary/aromatic N) is 2. The number of anilines is 1. The number of carbonyl (C=O) groups excluding carboxylic acids is 2. The predicted octanol–water partition coefficient (Wildman–Crippen LogP) is 3.48. The van der Waals surface area contributed by atoms with Gasteiger partial charge in [0, 0.05) is 20.2 Å². The first kappa shape index (κ1) is 22.4. The number of ether oxygens (including phenoxy) is 3. The topological polar surface area (TPSA) is 68.3 Å². The number of carbonyl (C=O) groups is 2. The van der Waals surface area contributed by atoms with Crippen molar-refractivity contribution in [3.05, 3.63) is 22.8 Å². The lowest BCUT2D eigenvalue weighted by Gasteiger charge is -2.34. The molecule has 2 aliphatic heterocycles. The Morgan fingerprint density at radius 2 is 1.90 bits per heavy atom. The van der Waals surface area contributed by atoms with Crippen LogP contribution in [0.15, 0.2) is 6.07 Å². The average Bonchev–Trinajstić information content (AvgIpc) is 2.90. The van der Waals surface area contributed by atoms with Crippen molar-refractivity contribution in [1.29, 1.82) is 0 Å². The first-order valence-electron chi connectivity index (χ1n) is 10.8. The number of methoxy groups -OCH3 is 1. The van der Waals surface area contributed by atoms with E-state index in [0.717, 1.165) is 29.8 Å². The summed E-state index contributed by atoms with van der Waals surface area (Å²) < 4.78 is 16.9. The highest BCUT2D eigenvalue weighted by atomic mass is 16.6. The van der Waals surface area contributed by atoms with Crippen LogP contribution in [-0.2, 0) is 27.1 Å². The van der Waals surface area contributed by atoms with Crippen molar-refractivity contribution in [2.24, 2.45) is 0 Å². The number of benzene rings is 1. The van der Waals surface area contributed by atoms with Gasteiger partial charge in [0.2, 0.25) is 0 Å². The third kappa shape index (κ3) is 4.56. The second-order valence-corrected chi connectivity index (χ2v) is 8.92. The SMILES string of the molecule is CC[C@H](OC)C(=O)N1CCOc2cc3c(c(C)c21)CCN(C(=O)OC(C)(C)C)CC3. The Balaban J connectivity index is 1.89. The smallest absolute Gasteiger partial charge is 0.410 e. The highest BCUT2D eigenvalue weighted by molar-refractivity contribution is 5.99. The van der Waals surface area contributed by atoms with E-state index in [4.69, 9.17) is 14.2 Å². The molecular weight excluding hydrogens is 384 g/mol. The molecule has 0 saturated heterocycles. The van der Waals surface area contributed by atoms with Gasteiger partial charge in [0.15, 0.2) is 0 Å². The van der Waals surface area contributed by atoms with Gasteiger partial charge in [-0.15, -0.1) is 0 Å². The lowest BCUT2D eigenvalue weighted by Crippen LogP contribution is -2.44. The van der Waals surface area contributed by atoms with Crippen LogP contribution in [0.4, 0.5) is 10.5 Å². The van der Waals surface area contributed by atoms with Gasteiger partial charge in [0.05, 0.1) is 12.2 Å². The van der Waals surface area contributed by atoms with Crippen molar-refractivity contribution in [1.82, 2.24) is 4.90 Å². The van der Waals surface area contributed by atoms with Gasteiger partial charge in [-0.05, 0) is 69.7 Å². The summed E-state index contributed by atoms with van der Waals surface area (Å²) in [6, 6.07) is 2.05. The maximum Gasteiger partial charge on any atom is 0.410 e. The van der Waals surface area contributed by atoms with Crippen molar-refractivity contribution in [3.8, 4) is 5.75 Å². The molecule has 1 aromatic rings. The summed E-state index contributed by atoms with van der Waals surface area (Å²) >= 11 is 0. The fourth-order valence-electron chi connectivity index (χ4n) is 4.22. The van der Waals surface area contributed by atoms with Crippen LogP contribution in [0.3, 0.4) is 0 Å². The van der Waals surface area contributed by atoms with Crippen molar-refractivity contribution < 1.29 is 23.8 Å². The zero-order chi connectivity index (χ0) is 22.1. The van der Waals surface area contributed by atoms with Gasteiger partial charge in [0.1, 0.15) is 24.1 Å². The summed E-state index contributed by atoms with van der Waals surface area (Å²) in [5.41, 5.74) is 3.73. The molecule has 0 aromatic heterocycles. The Kier molecular flexibility index (Phi) is 6.60. The summed E-state index contributed by atoms with van der Waals surface area (Å²) in [4.78, 5) is 29.2. The molecule has 0 spiro atoms. The summed E-state index contributed by atoms with van der Waals surface area (Å²) in [6.07, 6.45) is 1.33. The van der Waals surface area contributed by atoms with Crippen LogP contribution in [0.2, 0.25) is 0 Å². The Hall–Kier alpha value is -2.28. The number of fused-ring (bicyclic) bond motifs is 2. The summed E-state index contributed by atoms with van der Waals surface area (Å²) in [7, 11) is 1.57. The highest BCUT2D eigenvalue weighted by Gasteiger charge is 2.33. The fourth-order valence-corrected chi connectivity index (χ4v) is 4.22. The Bertz CT molecular complexity index is 811. The Morgan fingerprint density at radius 1 is 1.20 bits per heavy atom. The van der Waals surface area contributed by atoms with Crippen molar-refractivity contribution >= 4 is 17.7 Å². The fraction of sp³-hybridized carbons (Fsp3) is 0.652. The van der Waals surface area contributed by atoms with Crippen LogP contribution in [0.5, 0.6) is 5.75 Å². The molecule has 30 heavy (non-hydrogen) atoms. The van der Waals surface area contributed by atoms with Gasteiger partial charge in [-0.25, -0.2) is 4.79 Å². The molecule has 2 aliphatic rings. The molecule has 3 rings (SSSR count). The van der Waals surface area contributed by atoms with E-state index < -0.39 is 11.7 Å². The molecule has 0 radical (unpaired) electrons. The number of amides is 2. The molecule has 0 saturated carbocycles. The minimum atomic E-state index is -0.517. The molecule has 1 aromatic carbocycles. The van der Waals surface area contributed by atoms with Crippen LogP contribution >= 0.6 is 0 Å². The molecule has 0 bridgehead atoms. The van der Waals surface area contributed by atoms with Gasteiger partial charge < -0.3 is 24.0 Å². The monoisotopic (exact) mass is 418 g/mol. The third-order valence-electron chi connectivity index (χ3n) is 5.71. The predicted molar refractivity (Wildman–Crippen MR) is 115 cm³/mol. The van der Waals surface area contributed by atoms with Crippen molar-refractivity contribution in [3.63, 3.8) is 0 Å². The van der Waals surface area contributed by atoms with Gasteiger partial charge in [-0.2, -0.15) is 0 Å². The van der Waals surface area contributed by atoms with Crippen LogP contribution < -0.4 is 9.64 Å². The highest BCUT2D eigenvalue weighted by Crippen LogP contribution is 2.40. The standard InChI is InChI=1S/C23H34N2O5/c1-7-18(28-6)21(26)25-12-13-29-19-14-16-8-10-24(22(27)30-23(3,4)5)11-9-17(16)15(2)20(19)25/h14,18H,7-13H2,1-6H3/t18-/m0/s1. The molecule has 7 nitrogen and oxygen atoms in total. The quantitative estimate of drug-likeness (QED) is 0.752. The van der Waals surface area contributed by atoms with E-state index in [2.05, 4.69) is 0 Å². The molecule has 0 unspecified atom stereocenters. The van der Waals surface area contributed by atoms with Crippen LogP contribution in [-0.4, -0.2) is 62.0 Å². The lowest BCUT2D eigenvalue weighted by molar-refractivity contribution is -0.128. The summed E-state index contributed by atoms with van der Waals surface area (Å²) in [5.74, 6) is 0.708. The van der Waals surface area contributed by atoms with Gasteiger partial charge in [-0.1, -0.05) is 6.92 Å². The molecule has 2 amide bonds. The van der Waals surface area contributed by atoms with E-state index >= 15 is 0 Å². The van der Waals surface area contributed by atoms with E-state index in [1.807, 2.05) is 45.6 Å². The molecule has 166 valence electrons. The van der Waals surface area contributed by atoms with E-state index in [0.29, 0.717) is 32.7 Å². The second kappa shape index (κ2) is 8.84. The molecular formula is C23H34N2O5. The van der Waals surface area contributed by atoms with E-state index in [9.17, 15) is 9.59 Å². The molecule has 1 atom stereocenters. The van der Waals surface area contributed by atoms with Gasteiger partial charge in [-0.3, -0.25) is 4.79 Å². The zero-order valence-corrected chi connectivity index (χ0v) is 19.0. The lowest BCUT2D eigenvalue weighted by atomic mass is 9.94. The zero-order valence-electron chi connectivity index (χ0n) is 19.0. The van der Waals surface area contributed by atoms with E-state index in [-0.39, 0.29) is 12.0 Å². The first-order chi connectivity index (χ1) is 14.2. The van der Waals surface area contributed by atoms with Crippen LogP contribution in [0.1, 0.15) is 50.8 Å². The minimum absolute atomic E-state index is 0.0309. The first-order valence-corrected chi connectivity index (χ1v) is 10.8. The average molecular weight is 419 g/mol. The Morgan fingerprint density at radius 3 is 2.53 bits per heavy atom. The summed E-state index contributed by atoms with van der Waals surface area (Å²) in [6.45, 7) is 11.8. The largest absolute Gasteiger partial charge is 0.490 e. The normalized spacial score (nSPS) is 17.4. The summed E-state index contributed by atoms with van der Waals surface area (Å²) in [5, 5.41) is 0. The van der Waals surface area contributed by atoms with Gasteiger partial charge >= 0.3 is 6.09 Å². The maximum absolute atomic E-state index is 13.1. The van der Waals surface area contributed by atoms with Crippen molar-refractivity contribution in [2.45, 2.75) is 65.6 Å². The van der Waals surface area contributed by atoms with Crippen LogP contribution in [0, 0.1) is 6.92 Å². The van der Waals surface area contributed by atoms with E-state index in [1.165, 1.54) is 11.1 Å². The second-order valence-electron chi connectivity index (χ2n) is 8.92. The molecule has 0 aliphatic carbocycles. The molecule has 7 heteroatoms. The molecule has 0 N–H and O–H groups in total. The molecule has 0 fully saturated rings. The maximum atomic E-state index is 13.1. The van der Waals surface area contributed by atoms with Crippen LogP contribution in [0.25, 0.3) is 0 Å². The van der Waals surface area contributed by atoms with Gasteiger partial charge in [0.25, 0.3) is 5.91 Å². The third-order valence-corrected chi connectivity index (χ3v) is 5.71. The van der Waals surface area contributed by atoms with E-state index in [1.54, 1.807) is 12.0 Å². The Labute approximate surface area is 179 Å². The minimum Gasteiger partial charge on any atom is -0.490 e.